The van der Waals surface area contributed by atoms with E-state index >= 15 is 0 Å². The number of nitrogens with zero attached hydrogens (tertiary/aromatic N) is 3. The Morgan fingerprint density at radius 1 is 1.32 bits per heavy atom. The highest BCUT2D eigenvalue weighted by Crippen LogP contribution is 2.22. The Bertz CT molecular complexity index is 730. The Morgan fingerprint density at radius 2 is 2.08 bits per heavy atom. The van der Waals surface area contributed by atoms with E-state index in [1.54, 1.807) is 18.0 Å². The second kappa shape index (κ2) is 7.61. The van der Waals surface area contributed by atoms with Gasteiger partial charge in [0.2, 0.25) is 0 Å². The SMILES string of the molecule is Cc1ccnc(-c2ccc(NC(=O)N3CCCC(C(C)O)C3)cc2)n1. The first-order valence-electron chi connectivity index (χ1n) is 8.67. The van der Waals surface area contributed by atoms with Crippen LogP contribution in [0.3, 0.4) is 0 Å². The van der Waals surface area contributed by atoms with E-state index in [0.29, 0.717) is 12.4 Å². The summed E-state index contributed by atoms with van der Waals surface area (Å²) in [6.45, 7) is 5.04. The molecule has 0 saturated carbocycles. The zero-order chi connectivity index (χ0) is 17.8. The third-order valence-electron chi connectivity index (χ3n) is 4.62. The molecule has 2 unspecified atom stereocenters. The number of rotatable bonds is 3. The van der Waals surface area contributed by atoms with Crippen LogP contribution in [0.15, 0.2) is 36.5 Å². The topological polar surface area (TPSA) is 78.4 Å². The van der Waals surface area contributed by atoms with Gasteiger partial charge in [-0.1, -0.05) is 0 Å². The van der Waals surface area contributed by atoms with Crippen molar-refractivity contribution in [1.29, 1.82) is 0 Å². The molecule has 2 atom stereocenters. The van der Waals surface area contributed by atoms with Crippen molar-refractivity contribution >= 4 is 11.7 Å². The van der Waals surface area contributed by atoms with Crippen molar-refractivity contribution < 1.29 is 9.90 Å². The fraction of sp³-hybridized carbons (Fsp3) is 0.421. The van der Waals surface area contributed by atoms with Gasteiger partial charge in [-0.05, 0) is 57.0 Å². The Morgan fingerprint density at radius 3 is 2.76 bits per heavy atom. The van der Waals surface area contributed by atoms with Gasteiger partial charge in [0.1, 0.15) is 0 Å². The van der Waals surface area contributed by atoms with E-state index in [2.05, 4.69) is 15.3 Å². The number of amides is 2. The summed E-state index contributed by atoms with van der Waals surface area (Å²) < 4.78 is 0. The summed E-state index contributed by atoms with van der Waals surface area (Å²) in [4.78, 5) is 22.9. The number of benzene rings is 1. The van der Waals surface area contributed by atoms with Crippen molar-refractivity contribution in [2.45, 2.75) is 32.8 Å². The van der Waals surface area contributed by atoms with Crippen LogP contribution in [0.2, 0.25) is 0 Å². The first kappa shape index (κ1) is 17.4. The first-order valence-corrected chi connectivity index (χ1v) is 8.67. The maximum absolute atomic E-state index is 12.4. The Balaban J connectivity index is 1.64. The number of aliphatic hydroxyl groups excluding tert-OH is 1. The quantitative estimate of drug-likeness (QED) is 0.900. The summed E-state index contributed by atoms with van der Waals surface area (Å²) in [7, 11) is 0. The van der Waals surface area contributed by atoms with Crippen LogP contribution in [0.4, 0.5) is 10.5 Å². The number of urea groups is 1. The number of carbonyl (C=O) groups excluding carboxylic acids is 1. The molecule has 1 aromatic heterocycles. The number of aliphatic hydroxyl groups is 1. The zero-order valence-corrected chi connectivity index (χ0v) is 14.6. The molecule has 2 N–H and O–H groups in total. The molecule has 1 saturated heterocycles. The molecular formula is C19H24N4O2. The van der Waals surface area contributed by atoms with Crippen molar-refractivity contribution in [3.63, 3.8) is 0 Å². The Kier molecular flexibility index (Phi) is 5.28. The van der Waals surface area contributed by atoms with E-state index in [1.807, 2.05) is 37.3 Å². The predicted molar refractivity (Wildman–Crippen MR) is 97.2 cm³/mol. The minimum Gasteiger partial charge on any atom is -0.393 e. The minimum absolute atomic E-state index is 0.120. The first-order chi connectivity index (χ1) is 12.0. The molecule has 132 valence electrons. The number of carbonyl (C=O) groups is 1. The van der Waals surface area contributed by atoms with Crippen LogP contribution >= 0.6 is 0 Å². The molecule has 1 aliphatic rings. The molecule has 6 nitrogen and oxygen atoms in total. The molecule has 1 fully saturated rings. The minimum atomic E-state index is -0.385. The fourth-order valence-corrected chi connectivity index (χ4v) is 3.08. The van der Waals surface area contributed by atoms with E-state index in [1.165, 1.54) is 0 Å². The van der Waals surface area contributed by atoms with E-state index < -0.39 is 0 Å². The van der Waals surface area contributed by atoms with E-state index in [0.717, 1.165) is 36.3 Å². The number of anilines is 1. The van der Waals surface area contributed by atoms with Crippen LogP contribution in [0.25, 0.3) is 11.4 Å². The molecular weight excluding hydrogens is 316 g/mol. The molecule has 0 spiro atoms. The highest BCUT2D eigenvalue weighted by atomic mass is 16.3. The normalized spacial score (nSPS) is 18.7. The second-order valence-corrected chi connectivity index (χ2v) is 6.62. The molecule has 3 rings (SSSR count). The van der Waals surface area contributed by atoms with Gasteiger partial charge in [0.05, 0.1) is 6.10 Å². The van der Waals surface area contributed by atoms with Gasteiger partial charge in [-0.2, -0.15) is 0 Å². The molecule has 25 heavy (non-hydrogen) atoms. The molecule has 2 aromatic rings. The summed E-state index contributed by atoms with van der Waals surface area (Å²) in [5.74, 6) is 0.828. The standard InChI is InChI=1S/C19H24N4O2/c1-13-9-10-20-18(21-13)15-5-7-17(8-6-15)22-19(25)23-11-3-4-16(12-23)14(2)24/h5-10,14,16,24H,3-4,11-12H2,1-2H3,(H,22,25). The molecule has 0 aliphatic carbocycles. The molecule has 1 aromatic carbocycles. The molecule has 6 heteroatoms. The summed E-state index contributed by atoms with van der Waals surface area (Å²) in [5, 5.41) is 12.7. The highest BCUT2D eigenvalue weighted by molar-refractivity contribution is 5.89. The number of nitrogens with one attached hydrogen (secondary N) is 1. The molecule has 2 amide bonds. The van der Waals surface area contributed by atoms with Crippen molar-refractivity contribution in [3.8, 4) is 11.4 Å². The van der Waals surface area contributed by atoms with Crippen LogP contribution < -0.4 is 5.32 Å². The van der Waals surface area contributed by atoms with E-state index in [-0.39, 0.29) is 18.1 Å². The van der Waals surface area contributed by atoms with Crippen molar-refractivity contribution in [2.75, 3.05) is 18.4 Å². The lowest BCUT2D eigenvalue weighted by molar-refractivity contribution is 0.0766. The lowest BCUT2D eigenvalue weighted by atomic mass is 9.94. The maximum Gasteiger partial charge on any atom is 0.321 e. The molecule has 0 radical (unpaired) electrons. The summed E-state index contributed by atoms with van der Waals surface area (Å²) >= 11 is 0. The third kappa shape index (κ3) is 4.33. The zero-order valence-electron chi connectivity index (χ0n) is 14.6. The average molecular weight is 340 g/mol. The molecule has 2 heterocycles. The van der Waals surface area contributed by atoms with Gasteiger partial charge in [0.25, 0.3) is 0 Å². The van der Waals surface area contributed by atoms with Gasteiger partial charge in [0, 0.05) is 42.1 Å². The van der Waals surface area contributed by atoms with E-state index in [9.17, 15) is 9.90 Å². The average Bonchev–Trinajstić information content (AvgIpc) is 2.62. The Labute approximate surface area is 147 Å². The Hall–Kier alpha value is -2.47. The van der Waals surface area contributed by atoms with Gasteiger partial charge in [-0.15, -0.1) is 0 Å². The predicted octanol–water partition coefficient (Wildman–Crippen LogP) is 3.08. The molecule has 0 bridgehead atoms. The van der Waals surface area contributed by atoms with Crippen molar-refractivity contribution in [1.82, 2.24) is 14.9 Å². The summed E-state index contributed by atoms with van der Waals surface area (Å²) in [6.07, 6.45) is 3.24. The lowest BCUT2D eigenvalue weighted by Gasteiger charge is -2.34. The fourth-order valence-electron chi connectivity index (χ4n) is 3.08. The van der Waals surface area contributed by atoms with Gasteiger partial charge in [0.15, 0.2) is 5.82 Å². The van der Waals surface area contributed by atoms with Gasteiger partial charge in [-0.25, -0.2) is 14.8 Å². The van der Waals surface area contributed by atoms with Gasteiger partial charge in [-0.3, -0.25) is 0 Å². The molecule has 1 aliphatic heterocycles. The van der Waals surface area contributed by atoms with Crippen LogP contribution in [0, 0.1) is 12.8 Å². The largest absolute Gasteiger partial charge is 0.393 e. The number of hydrogen-bond acceptors (Lipinski definition) is 4. The third-order valence-corrected chi connectivity index (χ3v) is 4.62. The second-order valence-electron chi connectivity index (χ2n) is 6.62. The van der Waals surface area contributed by atoms with Crippen molar-refractivity contribution in [2.24, 2.45) is 5.92 Å². The monoisotopic (exact) mass is 340 g/mol. The van der Waals surface area contributed by atoms with E-state index in [4.69, 9.17) is 0 Å². The number of piperidine rings is 1. The maximum atomic E-state index is 12.4. The smallest absolute Gasteiger partial charge is 0.321 e. The van der Waals surface area contributed by atoms with Crippen LogP contribution in [-0.4, -0.2) is 45.2 Å². The van der Waals surface area contributed by atoms with Crippen molar-refractivity contribution in [3.05, 3.63) is 42.2 Å². The highest BCUT2D eigenvalue weighted by Gasteiger charge is 2.26. The van der Waals surface area contributed by atoms with Crippen LogP contribution in [0.5, 0.6) is 0 Å². The van der Waals surface area contributed by atoms with Gasteiger partial charge < -0.3 is 15.3 Å². The van der Waals surface area contributed by atoms with Crippen LogP contribution in [-0.2, 0) is 0 Å². The number of likely N-dealkylation sites (tertiary alicyclic amines) is 1. The number of hydrogen-bond donors (Lipinski definition) is 2. The lowest BCUT2D eigenvalue weighted by Crippen LogP contribution is -2.44. The van der Waals surface area contributed by atoms with Gasteiger partial charge >= 0.3 is 6.03 Å². The summed E-state index contributed by atoms with van der Waals surface area (Å²) in [6, 6.07) is 9.25. The van der Waals surface area contributed by atoms with Crippen LogP contribution in [0.1, 0.15) is 25.5 Å². The number of aryl methyl sites for hydroxylation is 1. The number of aromatic nitrogens is 2. The summed E-state index contributed by atoms with van der Waals surface area (Å²) in [5.41, 5.74) is 2.56.